The van der Waals surface area contributed by atoms with Gasteiger partial charge in [-0.3, -0.25) is 9.69 Å². The summed E-state index contributed by atoms with van der Waals surface area (Å²) in [6.07, 6.45) is 0.986. The molecule has 0 spiro atoms. The van der Waals surface area contributed by atoms with Crippen molar-refractivity contribution in [3.8, 4) is 5.75 Å². The van der Waals surface area contributed by atoms with Crippen LogP contribution in [0.1, 0.15) is 23.6 Å². The van der Waals surface area contributed by atoms with Gasteiger partial charge in [-0.2, -0.15) is 0 Å². The summed E-state index contributed by atoms with van der Waals surface area (Å²) in [7, 11) is 0. The van der Waals surface area contributed by atoms with Gasteiger partial charge in [0, 0.05) is 55.3 Å². The van der Waals surface area contributed by atoms with Gasteiger partial charge in [0.15, 0.2) is 0 Å². The summed E-state index contributed by atoms with van der Waals surface area (Å²) >= 11 is 6.18. The Balaban J connectivity index is 1.44. The van der Waals surface area contributed by atoms with Gasteiger partial charge in [-0.15, -0.1) is 0 Å². The number of carbonyl (C=O) groups is 1. The predicted molar refractivity (Wildman–Crippen MR) is 121 cm³/mol. The molecule has 6 nitrogen and oxygen atoms in total. The topological polar surface area (TPSA) is 74.0 Å². The minimum absolute atomic E-state index is 0.0709. The summed E-state index contributed by atoms with van der Waals surface area (Å²) in [5.41, 5.74) is 2.49. The van der Waals surface area contributed by atoms with Crippen LogP contribution in [0.3, 0.4) is 0 Å². The first-order chi connectivity index (χ1) is 14.9. The number of piperazine rings is 1. The number of amides is 1. The van der Waals surface area contributed by atoms with Crippen molar-refractivity contribution in [2.75, 3.05) is 26.2 Å². The van der Waals surface area contributed by atoms with Crippen LogP contribution in [0.15, 0.2) is 51.7 Å². The van der Waals surface area contributed by atoms with Crippen molar-refractivity contribution >= 4 is 28.5 Å². The van der Waals surface area contributed by atoms with Crippen LogP contribution < -0.4 is 5.63 Å². The molecule has 1 aromatic heterocycles. The highest BCUT2D eigenvalue weighted by Crippen LogP contribution is 2.27. The zero-order valence-corrected chi connectivity index (χ0v) is 18.2. The summed E-state index contributed by atoms with van der Waals surface area (Å²) in [5.74, 6) is 0.211. The first-order valence-corrected chi connectivity index (χ1v) is 10.8. The zero-order valence-electron chi connectivity index (χ0n) is 17.4. The van der Waals surface area contributed by atoms with Crippen molar-refractivity contribution in [3.05, 3.63) is 74.6 Å². The molecule has 1 aliphatic heterocycles. The van der Waals surface area contributed by atoms with Gasteiger partial charge >= 0.3 is 5.63 Å². The number of phenolic OH excluding ortho intramolecular Hbond substituents is 1. The van der Waals surface area contributed by atoms with E-state index in [1.807, 2.05) is 36.1 Å². The number of halogens is 1. The van der Waals surface area contributed by atoms with E-state index < -0.39 is 5.63 Å². The third-order valence-electron chi connectivity index (χ3n) is 5.83. The van der Waals surface area contributed by atoms with Gasteiger partial charge in [0.25, 0.3) is 0 Å². The Morgan fingerprint density at radius 2 is 1.81 bits per heavy atom. The second-order valence-electron chi connectivity index (χ2n) is 7.85. The molecule has 1 fully saturated rings. The lowest BCUT2D eigenvalue weighted by molar-refractivity contribution is -0.132. The molecule has 162 valence electrons. The van der Waals surface area contributed by atoms with Crippen LogP contribution in [0.4, 0.5) is 0 Å². The predicted octanol–water partition coefficient (Wildman–Crippen LogP) is 3.60. The van der Waals surface area contributed by atoms with Crippen LogP contribution in [0, 0.1) is 0 Å². The Kier molecular flexibility index (Phi) is 6.30. The molecule has 1 aliphatic rings. The number of fused-ring (bicyclic) bond motifs is 1. The van der Waals surface area contributed by atoms with E-state index in [-0.39, 0.29) is 11.7 Å². The quantitative estimate of drug-likeness (QED) is 0.613. The van der Waals surface area contributed by atoms with Gasteiger partial charge in [0.05, 0.1) is 6.42 Å². The van der Waals surface area contributed by atoms with Crippen LogP contribution in [-0.2, 0) is 24.2 Å². The maximum absolute atomic E-state index is 12.7. The molecule has 31 heavy (non-hydrogen) atoms. The summed E-state index contributed by atoms with van der Waals surface area (Å²) in [5, 5.41) is 11.5. The van der Waals surface area contributed by atoms with Gasteiger partial charge in [-0.1, -0.05) is 36.7 Å². The van der Waals surface area contributed by atoms with Crippen molar-refractivity contribution in [1.29, 1.82) is 0 Å². The molecule has 1 N–H and O–H groups in total. The molecule has 1 saturated heterocycles. The van der Waals surface area contributed by atoms with Crippen LogP contribution in [0.2, 0.25) is 5.02 Å². The van der Waals surface area contributed by atoms with E-state index in [1.165, 1.54) is 12.1 Å². The molecule has 0 radical (unpaired) electrons. The van der Waals surface area contributed by atoms with Gasteiger partial charge in [-0.05, 0) is 35.2 Å². The number of phenols is 1. The largest absolute Gasteiger partial charge is 0.508 e. The summed E-state index contributed by atoms with van der Waals surface area (Å²) in [6, 6.07) is 12.4. The van der Waals surface area contributed by atoms with Crippen molar-refractivity contribution in [3.63, 3.8) is 0 Å². The fourth-order valence-corrected chi connectivity index (χ4v) is 4.24. The number of rotatable bonds is 5. The van der Waals surface area contributed by atoms with Crippen molar-refractivity contribution in [2.45, 2.75) is 26.3 Å². The maximum atomic E-state index is 12.7. The van der Waals surface area contributed by atoms with Gasteiger partial charge in [0.2, 0.25) is 5.91 Å². The summed E-state index contributed by atoms with van der Waals surface area (Å²) < 4.78 is 5.29. The third kappa shape index (κ3) is 4.75. The molecule has 0 aliphatic carbocycles. The highest BCUT2D eigenvalue weighted by molar-refractivity contribution is 6.31. The number of carbonyl (C=O) groups excluding carboxylic acids is 1. The SMILES string of the molecule is CCc1cc2c(CN3CCN(C(=O)Cc4ccccc4Cl)CC3)cc(=O)oc2cc1O. The fourth-order valence-electron chi connectivity index (χ4n) is 4.03. The van der Waals surface area contributed by atoms with E-state index in [0.29, 0.717) is 56.2 Å². The van der Waals surface area contributed by atoms with Crippen molar-refractivity contribution in [2.24, 2.45) is 0 Å². The van der Waals surface area contributed by atoms with E-state index in [1.54, 1.807) is 6.07 Å². The highest BCUT2D eigenvalue weighted by Gasteiger charge is 2.22. The van der Waals surface area contributed by atoms with Crippen LogP contribution in [0.25, 0.3) is 11.0 Å². The molecule has 7 heteroatoms. The minimum atomic E-state index is -0.431. The van der Waals surface area contributed by atoms with Crippen molar-refractivity contribution < 1.29 is 14.3 Å². The zero-order chi connectivity index (χ0) is 22.0. The molecule has 0 atom stereocenters. The third-order valence-corrected chi connectivity index (χ3v) is 6.20. The summed E-state index contributed by atoms with van der Waals surface area (Å²) in [4.78, 5) is 28.8. The number of aromatic hydroxyl groups is 1. The molecule has 0 saturated carbocycles. The average Bonchev–Trinajstić information content (AvgIpc) is 2.75. The van der Waals surface area contributed by atoms with E-state index in [0.717, 1.165) is 22.1 Å². The minimum Gasteiger partial charge on any atom is -0.508 e. The lowest BCUT2D eigenvalue weighted by Crippen LogP contribution is -2.48. The molecule has 1 amide bonds. The van der Waals surface area contributed by atoms with E-state index in [2.05, 4.69) is 4.90 Å². The average molecular weight is 441 g/mol. The second-order valence-corrected chi connectivity index (χ2v) is 8.25. The van der Waals surface area contributed by atoms with E-state index in [9.17, 15) is 14.7 Å². The monoisotopic (exact) mass is 440 g/mol. The second kappa shape index (κ2) is 9.12. The fraction of sp³-hybridized carbons (Fsp3) is 0.333. The Labute approximate surface area is 185 Å². The molecule has 2 heterocycles. The lowest BCUT2D eigenvalue weighted by Gasteiger charge is -2.35. The number of nitrogens with zero attached hydrogens (tertiary/aromatic N) is 2. The normalized spacial score (nSPS) is 14.8. The first-order valence-electron chi connectivity index (χ1n) is 10.5. The smallest absolute Gasteiger partial charge is 0.336 e. The molecular weight excluding hydrogens is 416 g/mol. The van der Waals surface area contributed by atoms with Gasteiger partial charge < -0.3 is 14.4 Å². The molecule has 4 rings (SSSR count). The molecular formula is C24H25ClN2O4. The molecule has 0 unspecified atom stereocenters. The Morgan fingerprint density at radius 3 is 2.52 bits per heavy atom. The van der Waals surface area contributed by atoms with Gasteiger partial charge in [-0.25, -0.2) is 4.79 Å². The van der Waals surface area contributed by atoms with Gasteiger partial charge in [0.1, 0.15) is 11.3 Å². The first kappa shape index (κ1) is 21.4. The number of aryl methyl sites for hydroxylation is 1. The molecule has 0 bridgehead atoms. The lowest BCUT2D eigenvalue weighted by atomic mass is 10.0. The van der Waals surface area contributed by atoms with E-state index in [4.69, 9.17) is 16.0 Å². The highest BCUT2D eigenvalue weighted by atomic mass is 35.5. The Bertz CT molecular complexity index is 1170. The molecule has 2 aromatic carbocycles. The maximum Gasteiger partial charge on any atom is 0.336 e. The van der Waals surface area contributed by atoms with E-state index >= 15 is 0 Å². The Hall–Kier alpha value is -2.83. The number of hydrogen-bond acceptors (Lipinski definition) is 5. The number of benzene rings is 2. The summed E-state index contributed by atoms with van der Waals surface area (Å²) in [6.45, 7) is 5.25. The van der Waals surface area contributed by atoms with Crippen LogP contribution >= 0.6 is 11.6 Å². The standard InChI is InChI=1S/C24H25ClN2O4/c1-2-16-11-19-18(13-24(30)31-22(19)14-21(16)28)15-26-7-9-27(10-8-26)23(29)12-17-5-3-4-6-20(17)25/h3-6,11,13-14,28H,2,7-10,12,15H2,1H3. The number of hydrogen-bond donors (Lipinski definition) is 1. The Morgan fingerprint density at radius 1 is 1.06 bits per heavy atom. The van der Waals surface area contributed by atoms with Crippen LogP contribution in [-0.4, -0.2) is 47.0 Å². The van der Waals surface area contributed by atoms with Crippen LogP contribution in [0.5, 0.6) is 5.75 Å². The molecule has 3 aromatic rings. The van der Waals surface area contributed by atoms with Crippen molar-refractivity contribution in [1.82, 2.24) is 9.80 Å².